The first-order valence-electron chi connectivity index (χ1n) is 5.54. The molecular formula is C12H15N3O2. The fraction of sp³-hybridized carbons (Fsp3) is 0.417. The van der Waals surface area contributed by atoms with Crippen molar-refractivity contribution in [3.8, 4) is 0 Å². The van der Waals surface area contributed by atoms with E-state index in [1.807, 2.05) is 19.9 Å². The molecule has 2 rings (SSSR count). The lowest BCUT2D eigenvalue weighted by Crippen LogP contribution is -2.31. The summed E-state index contributed by atoms with van der Waals surface area (Å²) in [4.78, 5) is 30.2. The molecule has 90 valence electrons. The van der Waals surface area contributed by atoms with Gasteiger partial charge in [0.25, 0.3) is 5.91 Å². The standard InChI is InChI=1S/C12H15N3O2/c1-8(2)10-5-4-9(6-13-10)15-11(16)7-14(3)12(15)17/h4-6,8H,7H2,1-3H3. The van der Waals surface area contributed by atoms with Crippen LogP contribution in [0.25, 0.3) is 0 Å². The van der Waals surface area contributed by atoms with E-state index in [-0.39, 0.29) is 18.5 Å². The van der Waals surface area contributed by atoms with Gasteiger partial charge in [-0.15, -0.1) is 0 Å². The van der Waals surface area contributed by atoms with Crippen molar-refractivity contribution in [1.29, 1.82) is 0 Å². The Labute approximate surface area is 100 Å². The van der Waals surface area contributed by atoms with Crippen molar-refractivity contribution in [2.24, 2.45) is 0 Å². The van der Waals surface area contributed by atoms with Crippen LogP contribution in [0.15, 0.2) is 18.3 Å². The third-order valence-electron chi connectivity index (χ3n) is 2.76. The van der Waals surface area contributed by atoms with Crippen LogP contribution in [0.3, 0.4) is 0 Å². The number of anilines is 1. The van der Waals surface area contributed by atoms with Crippen LogP contribution in [0.4, 0.5) is 10.5 Å². The van der Waals surface area contributed by atoms with E-state index in [1.54, 1.807) is 19.3 Å². The molecule has 1 aromatic rings. The second-order valence-corrected chi connectivity index (χ2v) is 4.46. The quantitative estimate of drug-likeness (QED) is 0.729. The van der Waals surface area contributed by atoms with Gasteiger partial charge in [-0.25, -0.2) is 9.69 Å². The van der Waals surface area contributed by atoms with Gasteiger partial charge >= 0.3 is 6.03 Å². The minimum atomic E-state index is -0.297. The van der Waals surface area contributed by atoms with Crippen LogP contribution in [-0.2, 0) is 4.79 Å². The predicted octanol–water partition coefficient (Wildman–Crippen LogP) is 1.60. The maximum Gasteiger partial charge on any atom is 0.331 e. The molecule has 2 heterocycles. The SMILES string of the molecule is CC(C)c1ccc(N2C(=O)CN(C)C2=O)cn1. The van der Waals surface area contributed by atoms with E-state index in [9.17, 15) is 9.59 Å². The van der Waals surface area contributed by atoms with Crippen LogP contribution >= 0.6 is 0 Å². The fourth-order valence-electron chi connectivity index (χ4n) is 1.74. The highest BCUT2D eigenvalue weighted by Gasteiger charge is 2.34. The van der Waals surface area contributed by atoms with Gasteiger partial charge in [0, 0.05) is 12.7 Å². The molecule has 0 bridgehead atoms. The Morgan fingerprint density at radius 1 is 1.29 bits per heavy atom. The summed E-state index contributed by atoms with van der Waals surface area (Å²) in [5.74, 6) is 0.119. The topological polar surface area (TPSA) is 53.5 Å². The molecular weight excluding hydrogens is 218 g/mol. The molecule has 3 amide bonds. The molecule has 0 aliphatic carbocycles. The fourth-order valence-corrected chi connectivity index (χ4v) is 1.74. The lowest BCUT2D eigenvalue weighted by Gasteiger charge is -2.14. The normalized spacial score (nSPS) is 16.2. The number of pyridine rings is 1. The first kappa shape index (κ1) is 11.6. The van der Waals surface area contributed by atoms with Crippen LogP contribution < -0.4 is 4.90 Å². The number of likely N-dealkylation sites (N-methyl/N-ethyl adjacent to an activating group) is 1. The van der Waals surface area contributed by atoms with Gasteiger partial charge in [-0.3, -0.25) is 9.78 Å². The van der Waals surface area contributed by atoms with Gasteiger partial charge in [0.1, 0.15) is 6.54 Å². The molecule has 0 N–H and O–H groups in total. The summed E-state index contributed by atoms with van der Waals surface area (Å²) in [6.45, 7) is 4.22. The van der Waals surface area contributed by atoms with Crippen LogP contribution in [0.5, 0.6) is 0 Å². The molecule has 1 aromatic heterocycles. The highest BCUT2D eigenvalue weighted by atomic mass is 16.2. The third-order valence-corrected chi connectivity index (χ3v) is 2.76. The maximum atomic E-state index is 11.7. The highest BCUT2D eigenvalue weighted by Crippen LogP contribution is 2.21. The summed E-state index contributed by atoms with van der Waals surface area (Å²) >= 11 is 0. The van der Waals surface area contributed by atoms with Crippen molar-refractivity contribution in [3.05, 3.63) is 24.0 Å². The number of urea groups is 1. The molecule has 17 heavy (non-hydrogen) atoms. The molecule has 0 atom stereocenters. The summed E-state index contributed by atoms with van der Waals surface area (Å²) in [6, 6.07) is 3.31. The van der Waals surface area contributed by atoms with Crippen LogP contribution in [0.1, 0.15) is 25.5 Å². The van der Waals surface area contributed by atoms with Crippen molar-refractivity contribution in [2.45, 2.75) is 19.8 Å². The van der Waals surface area contributed by atoms with Crippen LogP contribution in [0.2, 0.25) is 0 Å². The van der Waals surface area contributed by atoms with E-state index < -0.39 is 0 Å². The van der Waals surface area contributed by atoms with E-state index in [0.29, 0.717) is 11.6 Å². The van der Waals surface area contributed by atoms with E-state index in [1.165, 1.54) is 4.90 Å². The lowest BCUT2D eigenvalue weighted by molar-refractivity contribution is -0.116. The van der Waals surface area contributed by atoms with Crippen LogP contribution in [-0.4, -0.2) is 35.4 Å². The van der Waals surface area contributed by atoms with Crippen molar-refractivity contribution < 1.29 is 9.59 Å². The van der Waals surface area contributed by atoms with E-state index in [4.69, 9.17) is 0 Å². The van der Waals surface area contributed by atoms with E-state index >= 15 is 0 Å². The number of imide groups is 1. The zero-order chi connectivity index (χ0) is 12.6. The first-order chi connectivity index (χ1) is 8.00. The number of amides is 3. The maximum absolute atomic E-state index is 11.7. The molecule has 1 fully saturated rings. The van der Waals surface area contributed by atoms with E-state index in [2.05, 4.69) is 4.98 Å². The number of carbonyl (C=O) groups is 2. The van der Waals surface area contributed by atoms with Gasteiger partial charge in [-0.1, -0.05) is 13.8 Å². The molecule has 1 aliphatic rings. The van der Waals surface area contributed by atoms with Crippen LogP contribution in [0, 0.1) is 0 Å². The van der Waals surface area contributed by atoms with Gasteiger partial charge in [-0.05, 0) is 18.1 Å². The van der Waals surface area contributed by atoms with Crippen molar-refractivity contribution >= 4 is 17.6 Å². The van der Waals surface area contributed by atoms with Crippen molar-refractivity contribution in [3.63, 3.8) is 0 Å². The Bertz CT molecular complexity index is 453. The van der Waals surface area contributed by atoms with Crippen molar-refractivity contribution in [1.82, 2.24) is 9.88 Å². The average Bonchev–Trinajstić information content (AvgIpc) is 2.53. The smallest absolute Gasteiger partial charge is 0.318 e. The molecule has 0 unspecified atom stereocenters. The molecule has 5 heteroatoms. The first-order valence-corrected chi connectivity index (χ1v) is 5.54. The molecule has 0 spiro atoms. The van der Waals surface area contributed by atoms with Gasteiger partial charge < -0.3 is 4.90 Å². The number of rotatable bonds is 2. The number of aromatic nitrogens is 1. The monoisotopic (exact) mass is 233 g/mol. The Morgan fingerprint density at radius 2 is 2.00 bits per heavy atom. The minimum absolute atomic E-state index is 0.130. The van der Waals surface area contributed by atoms with Gasteiger partial charge in [0.05, 0.1) is 11.9 Å². The number of hydrogen-bond donors (Lipinski definition) is 0. The van der Waals surface area contributed by atoms with Gasteiger partial charge in [-0.2, -0.15) is 0 Å². The largest absolute Gasteiger partial charge is 0.331 e. The predicted molar refractivity (Wildman–Crippen MR) is 63.8 cm³/mol. The Hall–Kier alpha value is -1.91. The zero-order valence-corrected chi connectivity index (χ0v) is 10.2. The summed E-state index contributed by atoms with van der Waals surface area (Å²) in [6.07, 6.45) is 1.57. The summed E-state index contributed by atoms with van der Waals surface area (Å²) in [5, 5.41) is 0. The second-order valence-electron chi connectivity index (χ2n) is 4.46. The second kappa shape index (κ2) is 4.16. The summed E-state index contributed by atoms with van der Waals surface area (Å²) in [7, 11) is 1.61. The molecule has 1 saturated heterocycles. The number of carbonyl (C=O) groups excluding carboxylic acids is 2. The van der Waals surface area contributed by atoms with Crippen molar-refractivity contribution in [2.75, 3.05) is 18.5 Å². The Kier molecular flexibility index (Phi) is 2.83. The van der Waals surface area contributed by atoms with Gasteiger partial charge in [0.2, 0.25) is 0 Å². The third kappa shape index (κ3) is 2.00. The summed E-state index contributed by atoms with van der Waals surface area (Å²) in [5.41, 5.74) is 1.48. The zero-order valence-electron chi connectivity index (χ0n) is 10.2. The summed E-state index contributed by atoms with van der Waals surface area (Å²) < 4.78 is 0. The molecule has 1 aliphatic heterocycles. The number of nitrogens with zero attached hydrogens (tertiary/aromatic N) is 3. The van der Waals surface area contributed by atoms with E-state index in [0.717, 1.165) is 10.6 Å². The molecule has 5 nitrogen and oxygen atoms in total. The minimum Gasteiger partial charge on any atom is -0.318 e. The molecule has 0 saturated carbocycles. The Balaban J connectivity index is 2.29. The van der Waals surface area contributed by atoms with Gasteiger partial charge in [0.15, 0.2) is 0 Å². The number of hydrogen-bond acceptors (Lipinski definition) is 3. The molecule has 0 radical (unpaired) electrons. The highest BCUT2D eigenvalue weighted by molar-refractivity contribution is 6.19. The lowest BCUT2D eigenvalue weighted by atomic mass is 10.1. The average molecular weight is 233 g/mol. The Morgan fingerprint density at radius 3 is 2.41 bits per heavy atom. The molecule has 0 aromatic carbocycles.